The van der Waals surface area contributed by atoms with Crippen molar-refractivity contribution < 1.29 is 24.5 Å². The number of aryl methyl sites for hydroxylation is 4. The molecule has 1 aliphatic carbocycles. The van der Waals surface area contributed by atoms with Gasteiger partial charge in [-0.1, -0.05) is 36.8 Å². The number of carbonyl (C=O) groups is 1. The van der Waals surface area contributed by atoms with E-state index in [0.29, 0.717) is 31.5 Å². The molecule has 7 heteroatoms. The first-order chi connectivity index (χ1) is 21.1. The van der Waals surface area contributed by atoms with Crippen molar-refractivity contribution in [1.29, 1.82) is 0 Å². The number of allylic oxidation sites excluding steroid dienone is 4. The molecule has 44 heavy (non-hydrogen) atoms. The van der Waals surface area contributed by atoms with Crippen LogP contribution < -0.4 is 4.74 Å². The molecule has 3 aromatic rings. The zero-order valence-corrected chi connectivity index (χ0v) is 27.1. The van der Waals surface area contributed by atoms with Gasteiger partial charge in [-0.15, -0.1) is 0 Å². The van der Waals surface area contributed by atoms with Gasteiger partial charge in [0.05, 0.1) is 24.5 Å². The van der Waals surface area contributed by atoms with E-state index in [1.807, 2.05) is 36.9 Å². The van der Waals surface area contributed by atoms with Gasteiger partial charge in [0.2, 0.25) is 0 Å². The molecular weight excluding hydrogens is 552 g/mol. The third-order valence-corrected chi connectivity index (χ3v) is 8.86. The summed E-state index contributed by atoms with van der Waals surface area (Å²) in [6.45, 7) is 11.7. The summed E-state index contributed by atoms with van der Waals surface area (Å²) in [4.78, 5) is 11.3. The van der Waals surface area contributed by atoms with E-state index in [9.17, 15) is 15.0 Å². The zero-order valence-electron chi connectivity index (χ0n) is 27.1. The van der Waals surface area contributed by atoms with Crippen LogP contribution in [-0.2, 0) is 29.6 Å². The lowest BCUT2D eigenvalue weighted by Gasteiger charge is -2.19. The Labute approximate surface area is 262 Å². The molecule has 1 heterocycles. The van der Waals surface area contributed by atoms with Gasteiger partial charge in [-0.3, -0.25) is 9.48 Å². The first kappa shape index (κ1) is 33.1. The molecule has 2 N–H and O–H groups in total. The van der Waals surface area contributed by atoms with Gasteiger partial charge in [0.1, 0.15) is 12.4 Å². The quantitative estimate of drug-likeness (QED) is 0.100. The Kier molecular flexibility index (Phi) is 11.5. The lowest BCUT2D eigenvalue weighted by atomic mass is 9.88. The molecule has 0 saturated heterocycles. The topological polar surface area (TPSA) is 93.8 Å². The number of carboxylic acids is 1. The second-order valence-corrected chi connectivity index (χ2v) is 12.3. The fourth-order valence-corrected chi connectivity index (χ4v) is 6.04. The van der Waals surface area contributed by atoms with E-state index >= 15 is 0 Å². The van der Waals surface area contributed by atoms with Crippen molar-refractivity contribution >= 4 is 5.97 Å². The molecule has 0 spiro atoms. The predicted molar refractivity (Wildman–Crippen MR) is 174 cm³/mol. The van der Waals surface area contributed by atoms with E-state index in [1.54, 1.807) is 6.20 Å². The minimum Gasteiger partial charge on any atom is -0.498 e. The van der Waals surface area contributed by atoms with Crippen molar-refractivity contribution in [3.8, 4) is 16.9 Å². The molecule has 2 aromatic carbocycles. The first-order valence-electron chi connectivity index (χ1n) is 15.7. The molecule has 1 aliphatic rings. The number of ether oxygens (including phenoxy) is 2. The minimum atomic E-state index is -0.849. The number of rotatable bonds is 16. The average Bonchev–Trinajstić information content (AvgIpc) is 3.55. The Morgan fingerprint density at radius 1 is 1.14 bits per heavy atom. The Morgan fingerprint density at radius 3 is 2.48 bits per heavy atom. The third kappa shape index (κ3) is 8.63. The van der Waals surface area contributed by atoms with Crippen molar-refractivity contribution in [2.45, 2.75) is 73.3 Å². The van der Waals surface area contributed by atoms with E-state index in [-0.39, 0.29) is 18.9 Å². The number of hydrogen-bond donors (Lipinski definition) is 2. The summed E-state index contributed by atoms with van der Waals surface area (Å²) in [5.74, 6) is 1.81. The second kappa shape index (κ2) is 15.2. The monoisotopic (exact) mass is 600 g/mol. The zero-order chi connectivity index (χ0) is 31.8. The van der Waals surface area contributed by atoms with Crippen LogP contribution in [0.4, 0.5) is 0 Å². The van der Waals surface area contributed by atoms with Crippen LogP contribution in [0.3, 0.4) is 0 Å². The fraction of sp³-hybridized carbons (Fsp3) is 0.459. The van der Waals surface area contributed by atoms with Crippen molar-refractivity contribution in [3.05, 3.63) is 94.0 Å². The first-order valence-corrected chi connectivity index (χ1v) is 15.7. The Morgan fingerprint density at radius 2 is 1.86 bits per heavy atom. The fourth-order valence-electron chi connectivity index (χ4n) is 6.04. The third-order valence-electron chi connectivity index (χ3n) is 8.86. The lowest BCUT2D eigenvalue weighted by molar-refractivity contribution is -0.137. The van der Waals surface area contributed by atoms with Crippen LogP contribution in [0.15, 0.2) is 66.1 Å². The number of aliphatic hydroxyl groups is 1. The number of carboxylic acid groups (broad SMARTS) is 1. The maximum Gasteiger partial charge on any atom is 0.303 e. The van der Waals surface area contributed by atoms with Gasteiger partial charge in [0, 0.05) is 25.8 Å². The molecule has 4 rings (SSSR count). The maximum atomic E-state index is 11.3. The van der Waals surface area contributed by atoms with Gasteiger partial charge in [0.15, 0.2) is 0 Å². The van der Waals surface area contributed by atoms with Gasteiger partial charge >= 0.3 is 5.97 Å². The number of benzene rings is 2. The summed E-state index contributed by atoms with van der Waals surface area (Å²) in [6.07, 6.45) is 9.15. The van der Waals surface area contributed by atoms with Crippen molar-refractivity contribution in [2.24, 2.45) is 24.8 Å². The van der Waals surface area contributed by atoms with Crippen LogP contribution in [-0.4, -0.2) is 39.2 Å². The molecular formula is C37H48N2O5. The van der Waals surface area contributed by atoms with Crippen LogP contribution in [0.1, 0.15) is 67.5 Å². The molecule has 1 fully saturated rings. The average molecular weight is 601 g/mol. The Bertz CT molecular complexity index is 1480. The van der Waals surface area contributed by atoms with Gasteiger partial charge < -0.3 is 19.7 Å². The smallest absolute Gasteiger partial charge is 0.303 e. The number of aliphatic carboxylic acids is 1. The molecule has 0 bridgehead atoms. The van der Waals surface area contributed by atoms with Crippen LogP contribution in [0, 0.1) is 38.5 Å². The largest absolute Gasteiger partial charge is 0.498 e. The number of hydrogen-bond acceptors (Lipinski definition) is 5. The highest BCUT2D eigenvalue weighted by molar-refractivity contribution is 5.75. The molecule has 0 amide bonds. The van der Waals surface area contributed by atoms with E-state index in [4.69, 9.17) is 9.47 Å². The van der Waals surface area contributed by atoms with Crippen molar-refractivity contribution in [3.63, 3.8) is 0 Å². The van der Waals surface area contributed by atoms with E-state index in [2.05, 4.69) is 63.1 Å². The van der Waals surface area contributed by atoms with Crippen LogP contribution in [0.25, 0.3) is 11.1 Å². The highest BCUT2D eigenvalue weighted by atomic mass is 16.5. The molecule has 3 unspecified atom stereocenters. The van der Waals surface area contributed by atoms with E-state index < -0.39 is 5.97 Å². The van der Waals surface area contributed by atoms with Crippen molar-refractivity contribution in [2.75, 3.05) is 13.2 Å². The second-order valence-electron chi connectivity index (χ2n) is 12.3. The van der Waals surface area contributed by atoms with E-state index in [0.717, 1.165) is 42.0 Å². The van der Waals surface area contributed by atoms with Crippen LogP contribution in [0.5, 0.6) is 5.75 Å². The molecule has 3 atom stereocenters. The standard InChI is InChI=1S/C37H48N2O5/c1-24(29(15-17-40)22-36(41)42)12-13-35(34-21-26(34)3)43-18-8-11-32-25(2)9-7-10-33(32)37-27(4)19-31(20-28(37)5)44-23-30-14-16-38-39(30)6/h7,9-10,12-14,16,19-20,26,29,34,40H,8,11,15,17-18,21-23H2,1-6H3,(H,41,42). The summed E-state index contributed by atoms with van der Waals surface area (Å²) in [6, 6.07) is 12.8. The molecule has 236 valence electrons. The minimum absolute atomic E-state index is 0.0194. The molecule has 1 saturated carbocycles. The predicted octanol–water partition coefficient (Wildman–Crippen LogP) is 7.50. The van der Waals surface area contributed by atoms with Crippen LogP contribution >= 0.6 is 0 Å². The molecule has 0 aliphatic heterocycles. The van der Waals surface area contributed by atoms with Crippen LogP contribution in [0.2, 0.25) is 0 Å². The van der Waals surface area contributed by atoms with Gasteiger partial charge in [-0.25, -0.2) is 0 Å². The number of nitrogens with zero attached hydrogens (tertiary/aromatic N) is 2. The SMILES string of the molecule is CC(=CC=C(OCCCc1c(C)cccc1-c1c(C)cc(OCc2ccnn2C)cc1C)C1CC1C)C(CCO)CC(=O)O. The van der Waals surface area contributed by atoms with E-state index in [1.165, 1.54) is 33.4 Å². The normalized spacial score (nSPS) is 17.4. The maximum absolute atomic E-state index is 11.3. The van der Waals surface area contributed by atoms with Gasteiger partial charge in [-0.2, -0.15) is 5.10 Å². The summed E-state index contributed by atoms with van der Waals surface area (Å²) < 4.78 is 14.3. The molecule has 0 radical (unpaired) electrons. The number of aromatic nitrogens is 2. The summed E-state index contributed by atoms with van der Waals surface area (Å²) >= 11 is 0. The highest BCUT2D eigenvalue weighted by Crippen LogP contribution is 2.44. The summed E-state index contributed by atoms with van der Waals surface area (Å²) in [7, 11) is 1.92. The molecule has 1 aromatic heterocycles. The van der Waals surface area contributed by atoms with Gasteiger partial charge in [0.25, 0.3) is 0 Å². The summed E-state index contributed by atoms with van der Waals surface area (Å²) in [5, 5.41) is 22.9. The Balaban J connectivity index is 1.44. The van der Waals surface area contributed by atoms with Crippen molar-refractivity contribution in [1.82, 2.24) is 9.78 Å². The number of aliphatic hydroxyl groups excluding tert-OH is 1. The lowest BCUT2D eigenvalue weighted by Crippen LogP contribution is -2.11. The highest BCUT2D eigenvalue weighted by Gasteiger charge is 2.37. The van der Waals surface area contributed by atoms with Gasteiger partial charge in [-0.05, 0) is 123 Å². The Hall–Kier alpha value is -3.84. The molecule has 7 nitrogen and oxygen atoms in total. The summed E-state index contributed by atoms with van der Waals surface area (Å²) in [5.41, 5.74) is 9.48.